The van der Waals surface area contributed by atoms with Gasteiger partial charge < -0.3 is 4.74 Å². The maximum atomic E-state index is 12.4. The molecule has 0 aliphatic carbocycles. The van der Waals surface area contributed by atoms with Gasteiger partial charge in [-0.05, 0) is 17.7 Å². The lowest BCUT2D eigenvalue weighted by Crippen LogP contribution is -2.30. The summed E-state index contributed by atoms with van der Waals surface area (Å²) in [5.74, 6) is 0.257. The Morgan fingerprint density at radius 2 is 1.64 bits per heavy atom. The van der Waals surface area contributed by atoms with Crippen molar-refractivity contribution in [1.82, 2.24) is 9.97 Å². The summed E-state index contributed by atoms with van der Waals surface area (Å²) < 4.78 is 5.81. The number of fused-ring (bicyclic) bond motifs is 1. The molecule has 1 aromatic heterocycles. The molecule has 0 saturated carbocycles. The van der Waals surface area contributed by atoms with Crippen molar-refractivity contribution < 1.29 is 4.74 Å². The van der Waals surface area contributed by atoms with Crippen LogP contribution in [0.1, 0.15) is 22.6 Å². The molecule has 0 saturated heterocycles. The molecule has 0 unspecified atom stereocenters. The normalized spacial score (nSPS) is 15.9. The highest BCUT2D eigenvalue weighted by Gasteiger charge is 2.29. The Labute approximate surface area is 147 Å². The second-order valence-electron chi connectivity index (χ2n) is 5.65. The molecule has 3 aromatic rings. The van der Waals surface area contributed by atoms with E-state index in [4.69, 9.17) is 16.3 Å². The van der Waals surface area contributed by atoms with Crippen molar-refractivity contribution in [2.45, 2.75) is 5.92 Å². The van der Waals surface area contributed by atoms with Crippen LogP contribution in [0.5, 0.6) is 5.88 Å². The molecule has 5 nitrogen and oxygen atoms in total. The Hall–Kier alpha value is -3.05. The summed E-state index contributed by atoms with van der Waals surface area (Å²) in [6.45, 7) is 0. The molecule has 2 N–H and O–H groups in total. The van der Waals surface area contributed by atoms with Crippen LogP contribution in [-0.2, 0) is 0 Å². The van der Waals surface area contributed by atoms with E-state index in [-0.39, 0.29) is 5.88 Å². The summed E-state index contributed by atoms with van der Waals surface area (Å²) in [7, 11) is 0. The lowest BCUT2D eigenvalue weighted by atomic mass is 9.89. The van der Waals surface area contributed by atoms with Crippen LogP contribution in [0.3, 0.4) is 0 Å². The summed E-state index contributed by atoms with van der Waals surface area (Å²) >= 11 is 6.35. The Balaban J connectivity index is 1.97. The third-order valence-corrected chi connectivity index (χ3v) is 4.43. The summed E-state index contributed by atoms with van der Waals surface area (Å²) in [5.41, 5.74) is 0.821. The number of rotatable bonds is 2. The Bertz CT molecular complexity index is 1080. The van der Waals surface area contributed by atoms with Gasteiger partial charge in [0.1, 0.15) is 5.76 Å². The molecular formula is C19H13ClN2O3. The van der Waals surface area contributed by atoms with Crippen molar-refractivity contribution in [3.63, 3.8) is 0 Å². The summed E-state index contributed by atoms with van der Waals surface area (Å²) in [6.07, 6.45) is 1.84. The van der Waals surface area contributed by atoms with Gasteiger partial charge in [0.2, 0.25) is 5.88 Å². The fourth-order valence-corrected chi connectivity index (χ4v) is 3.20. The van der Waals surface area contributed by atoms with E-state index in [1.54, 1.807) is 6.07 Å². The van der Waals surface area contributed by atoms with Crippen LogP contribution in [0.15, 0.2) is 70.3 Å². The largest absolute Gasteiger partial charge is 0.440 e. The zero-order valence-electron chi connectivity index (χ0n) is 13.0. The first-order valence-corrected chi connectivity index (χ1v) is 8.07. The maximum Gasteiger partial charge on any atom is 0.328 e. The Kier molecular flexibility index (Phi) is 3.78. The molecular weight excluding hydrogens is 340 g/mol. The molecule has 1 aliphatic rings. The molecule has 4 rings (SSSR count). The van der Waals surface area contributed by atoms with Gasteiger partial charge in [0.05, 0.1) is 5.56 Å². The van der Waals surface area contributed by atoms with Crippen molar-refractivity contribution in [2.24, 2.45) is 0 Å². The number of nitrogens with one attached hydrogen (secondary N) is 2. The zero-order chi connectivity index (χ0) is 17.4. The third-order valence-electron chi connectivity index (χ3n) is 4.08. The third kappa shape index (κ3) is 2.79. The maximum absolute atomic E-state index is 12.4. The highest BCUT2D eigenvalue weighted by Crippen LogP contribution is 2.39. The summed E-state index contributed by atoms with van der Waals surface area (Å²) in [6, 6.07) is 16.8. The molecule has 124 valence electrons. The summed E-state index contributed by atoms with van der Waals surface area (Å²) in [4.78, 5) is 28.9. The van der Waals surface area contributed by atoms with E-state index in [1.165, 1.54) is 0 Å². The molecule has 0 amide bonds. The second kappa shape index (κ2) is 6.11. The minimum absolute atomic E-state index is 0.139. The smallest absolute Gasteiger partial charge is 0.328 e. The van der Waals surface area contributed by atoms with Crippen LogP contribution < -0.4 is 16.0 Å². The zero-order valence-corrected chi connectivity index (χ0v) is 13.7. The van der Waals surface area contributed by atoms with Crippen LogP contribution in [0, 0.1) is 0 Å². The minimum atomic E-state index is -0.615. The predicted molar refractivity (Wildman–Crippen MR) is 96.0 cm³/mol. The van der Waals surface area contributed by atoms with Gasteiger partial charge in [-0.25, -0.2) is 4.79 Å². The molecule has 1 aliphatic heterocycles. The van der Waals surface area contributed by atoms with Crippen LogP contribution >= 0.6 is 11.6 Å². The first-order chi connectivity index (χ1) is 12.1. The number of benzene rings is 2. The predicted octanol–water partition coefficient (Wildman–Crippen LogP) is 3.28. The number of H-pyrrole nitrogens is 2. The minimum Gasteiger partial charge on any atom is -0.440 e. The number of hydrogen-bond acceptors (Lipinski definition) is 3. The van der Waals surface area contributed by atoms with Gasteiger partial charge in [0.25, 0.3) is 5.56 Å². The molecule has 0 bridgehead atoms. The van der Waals surface area contributed by atoms with Crippen molar-refractivity contribution >= 4 is 17.4 Å². The van der Waals surface area contributed by atoms with Gasteiger partial charge in [0, 0.05) is 16.5 Å². The number of hydrogen-bond donors (Lipinski definition) is 2. The quantitative estimate of drug-likeness (QED) is 0.743. The van der Waals surface area contributed by atoms with E-state index < -0.39 is 17.2 Å². The fourth-order valence-electron chi connectivity index (χ4n) is 2.95. The first kappa shape index (κ1) is 15.5. The molecule has 25 heavy (non-hydrogen) atoms. The first-order valence-electron chi connectivity index (χ1n) is 7.69. The Morgan fingerprint density at radius 3 is 2.40 bits per heavy atom. The standard InChI is InChI=1S/C19H13ClN2O3/c20-14-9-5-4-8-12(14)13-10-15(11-6-2-1-3-7-11)25-18-16(13)17(23)21-19(24)22-18/h1-10,13H,(H2,21,22,23,24)/t13-/m0/s1. The summed E-state index contributed by atoms with van der Waals surface area (Å²) in [5, 5.41) is 0.537. The van der Waals surface area contributed by atoms with Gasteiger partial charge in [-0.2, -0.15) is 0 Å². The van der Waals surface area contributed by atoms with E-state index in [9.17, 15) is 9.59 Å². The van der Waals surface area contributed by atoms with Crippen molar-refractivity contribution in [2.75, 3.05) is 0 Å². The van der Waals surface area contributed by atoms with Gasteiger partial charge >= 0.3 is 5.69 Å². The molecule has 0 spiro atoms. The van der Waals surface area contributed by atoms with Crippen LogP contribution in [0.4, 0.5) is 0 Å². The SMILES string of the molecule is O=c1[nH]c2c(c(=O)[nH]1)[C@H](c1ccccc1Cl)C=C(c1ccccc1)O2. The van der Waals surface area contributed by atoms with Crippen LogP contribution in [-0.4, -0.2) is 9.97 Å². The monoisotopic (exact) mass is 352 g/mol. The van der Waals surface area contributed by atoms with Gasteiger partial charge in [-0.1, -0.05) is 60.1 Å². The molecule has 0 fully saturated rings. The van der Waals surface area contributed by atoms with Crippen molar-refractivity contribution in [3.05, 3.63) is 103 Å². The highest BCUT2D eigenvalue weighted by atomic mass is 35.5. The molecule has 1 atom stereocenters. The molecule has 2 aromatic carbocycles. The number of aromatic nitrogens is 2. The topological polar surface area (TPSA) is 75.0 Å². The number of ether oxygens (including phenoxy) is 1. The molecule has 0 radical (unpaired) electrons. The van der Waals surface area contributed by atoms with Crippen LogP contribution in [0.25, 0.3) is 5.76 Å². The van der Waals surface area contributed by atoms with Gasteiger partial charge in [-0.15, -0.1) is 0 Å². The van der Waals surface area contributed by atoms with Gasteiger partial charge in [-0.3, -0.25) is 14.8 Å². The lowest BCUT2D eigenvalue weighted by molar-refractivity contribution is 0.464. The molecule has 6 heteroatoms. The fraction of sp³-hybridized carbons (Fsp3) is 0.0526. The number of aromatic amines is 2. The van der Waals surface area contributed by atoms with E-state index in [0.717, 1.165) is 11.1 Å². The van der Waals surface area contributed by atoms with Crippen LogP contribution in [0.2, 0.25) is 5.02 Å². The lowest BCUT2D eigenvalue weighted by Gasteiger charge is -2.24. The van der Waals surface area contributed by atoms with Crippen molar-refractivity contribution in [3.8, 4) is 5.88 Å². The van der Waals surface area contributed by atoms with Gasteiger partial charge in [0.15, 0.2) is 0 Å². The Morgan fingerprint density at radius 1 is 0.920 bits per heavy atom. The highest BCUT2D eigenvalue weighted by molar-refractivity contribution is 6.31. The van der Waals surface area contributed by atoms with Crippen molar-refractivity contribution in [1.29, 1.82) is 0 Å². The average Bonchev–Trinajstić information content (AvgIpc) is 2.61. The average molecular weight is 353 g/mol. The van der Waals surface area contributed by atoms with E-state index >= 15 is 0 Å². The van der Waals surface area contributed by atoms with E-state index in [1.807, 2.05) is 54.6 Å². The number of halogens is 1. The number of allylic oxidation sites excluding steroid dienone is 1. The molecule has 2 heterocycles. The van der Waals surface area contributed by atoms with E-state index in [0.29, 0.717) is 16.3 Å². The van der Waals surface area contributed by atoms with E-state index in [2.05, 4.69) is 9.97 Å². The second-order valence-corrected chi connectivity index (χ2v) is 6.06.